The van der Waals surface area contributed by atoms with Crippen molar-refractivity contribution >= 4 is 17.9 Å². The van der Waals surface area contributed by atoms with E-state index in [9.17, 15) is 4.79 Å². The summed E-state index contributed by atoms with van der Waals surface area (Å²) in [5, 5.41) is 3.33. The molecule has 152 valence electrons. The average molecular weight is 395 g/mol. The van der Waals surface area contributed by atoms with Crippen LogP contribution in [-0.2, 0) is 4.79 Å². The Morgan fingerprint density at radius 1 is 0.759 bits per heavy atom. The zero-order chi connectivity index (χ0) is 20.8. The predicted octanol–water partition coefficient (Wildman–Crippen LogP) is 3.71. The molecular formula is C23H25NO5. The number of piperidine rings is 1. The van der Waals surface area contributed by atoms with Crippen molar-refractivity contribution in [1.29, 1.82) is 0 Å². The lowest BCUT2D eigenvalue weighted by molar-refractivity contribution is -0.115. The molecule has 1 aliphatic heterocycles. The highest BCUT2D eigenvalue weighted by Gasteiger charge is 2.20. The fraction of sp³-hybridized carbons (Fsp3) is 0.261. The van der Waals surface area contributed by atoms with Crippen molar-refractivity contribution in [2.75, 3.05) is 35.0 Å². The minimum atomic E-state index is 0.0882. The van der Waals surface area contributed by atoms with Crippen molar-refractivity contribution < 1.29 is 23.7 Å². The van der Waals surface area contributed by atoms with Crippen LogP contribution in [0, 0.1) is 0 Å². The Hall–Kier alpha value is -3.41. The molecule has 0 amide bonds. The lowest BCUT2D eigenvalue weighted by atomic mass is 9.96. The number of ether oxygens (including phenoxy) is 4. The van der Waals surface area contributed by atoms with Crippen LogP contribution in [0.1, 0.15) is 17.5 Å². The third-order valence-corrected chi connectivity index (χ3v) is 4.70. The van der Waals surface area contributed by atoms with Crippen LogP contribution in [-0.4, -0.2) is 40.8 Å². The molecule has 1 heterocycles. The van der Waals surface area contributed by atoms with E-state index in [1.54, 1.807) is 28.4 Å². The van der Waals surface area contributed by atoms with Crippen LogP contribution in [0.3, 0.4) is 0 Å². The van der Waals surface area contributed by atoms with E-state index in [4.69, 9.17) is 18.9 Å². The first-order chi connectivity index (χ1) is 14.1. The molecule has 3 rings (SSSR count). The second kappa shape index (κ2) is 9.19. The molecule has 1 aliphatic rings. The highest BCUT2D eigenvalue weighted by Crippen LogP contribution is 2.31. The van der Waals surface area contributed by atoms with Crippen LogP contribution in [0.4, 0.5) is 0 Å². The van der Waals surface area contributed by atoms with Gasteiger partial charge in [-0.3, -0.25) is 4.79 Å². The van der Waals surface area contributed by atoms with Gasteiger partial charge in [0.15, 0.2) is 28.8 Å². The quantitative estimate of drug-likeness (QED) is 0.753. The number of benzene rings is 2. The maximum Gasteiger partial charge on any atom is 0.166 e. The van der Waals surface area contributed by atoms with Gasteiger partial charge in [0.25, 0.3) is 0 Å². The largest absolute Gasteiger partial charge is 0.493 e. The van der Waals surface area contributed by atoms with E-state index >= 15 is 0 Å². The molecule has 1 saturated heterocycles. The zero-order valence-electron chi connectivity index (χ0n) is 17.1. The van der Waals surface area contributed by atoms with Gasteiger partial charge in [0, 0.05) is 24.2 Å². The first-order valence-electron chi connectivity index (χ1n) is 9.24. The van der Waals surface area contributed by atoms with Gasteiger partial charge in [0.1, 0.15) is 0 Å². The lowest BCUT2D eigenvalue weighted by Crippen LogP contribution is -2.28. The molecule has 1 N–H and O–H groups in total. The number of carbonyl (C=O) groups is 1. The van der Waals surface area contributed by atoms with Gasteiger partial charge in [0.05, 0.1) is 28.4 Å². The summed E-state index contributed by atoms with van der Waals surface area (Å²) < 4.78 is 21.3. The maximum absolute atomic E-state index is 12.7. The van der Waals surface area contributed by atoms with E-state index in [0.717, 1.165) is 16.8 Å². The Bertz CT molecular complexity index is 962. The molecule has 0 radical (unpaired) electrons. The number of carbonyl (C=O) groups excluding carboxylic acids is 1. The molecule has 29 heavy (non-hydrogen) atoms. The third kappa shape index (κ3) is 4.54. The van der Waals surface area contributed by atoms with Crippen LogP contribution in [0.15, 0.2) is 47.7 Å². The van der Waals surface area contributed by atoms with Crippen molar-refractivity contribution in [3.63, 3.8) is 0 Å². The normalized spacial score (nSPS) is 16.5. The summed E-state index contributed by atoms with van der Waals surface area (Å²) in [6, 6.07) is 11.2. The number of ketones is 1. The topological polar surface area (TPSA) is 66.0 Å². The molecule has 6 heteroatoms. The molecular weight excluding hydrogens is 370 g/mol. The van der Waals surface area contributed by atoms with E-state index in [1.165, 1.54) is 0 Å². The van der Waals surface area contributed by atoms with Gasteiger partial charge in [-0.2, -0.15) is 0 Å². The van der Waals surface area contributed by atoms with E-state index in [1.807, 2.05) is 48.6 Å². The number of nitrogens with one attached hydrogen (secondary N) is 1. The Kier molecular flexibility index (Phi) is 6.44. The molecule has 0 aromatic heterocycles. The third-order valence-electron chi connectivity index (χ3n) is 4.70. The Morgan fingerprint density at radius 3 is 1.79 bits per heavy atom. The number of rotatable bonds is 6. The summed E-state index contributed by atoms with van der Waals surface area (Å²) >= 11 is 0. The van der Waals surface area contributed by atoms with Crippen molar-refractivity contribution in [3.8, 4) is 23.0 Å². The summed E-state index contributed by atoms with van der Waals surface area (Å²) in [5.41, 5.74) is 3.15. The Labute approximate surface area is 170 Å². The van der Waals surface area contributed by atoms with Crippen LogP contribution in [0.2, 0.25) is 0 Å². The van der Waals surface area contributed by atoms with Gasteiger partial charge in [0.2, 0.25) is 0 Å². The molecule has 0 unspecified atom stereocenters. The fourth-order valence-corrected chi connectivity index (χ4v) is 3.20. The Balaban J connectivity index is 2.01. The van der Waals surface area contributed by atoms with Gasteiger partial charge in [-0.1, -0.05) is 12.1 Å². The SMILES string of the molecule is COc1ccc(C=C2NCCC(=O)C2=Cc2ccc(OC)c(OC)c2)cc1OC. The summed E-state index contributed by atoms with van der Waals surface area (Å²) in [4.78, 5) is 12.7. The van der Waals surface area contributed by atoms with E-state index in [-0.39, 0.29) is 5.78 Å². The van der Waals surface area contributed by atoms with Crippen LogP contribution in [0.5, 0.6) is 23.0 Å². The zero-order valence-corrected chi connectivity index (χ0v) is 17.1. The van der Waals surface area contributed by atoms with Crippen molar-refractivity contribution in [2.45, 2.75) is 6.42 Å². The first kappa shape index (κ1) is 20.3. The minimum absolute atomic E-state index is 0.0882. The molecule has 0 spiro atoms. The minimum Gasteiger partial charge on any atom is -0.493 e. The molecule has 1 fully saturated rings. The highest BCUT2D eigenvalue weighted by atomic mass is 16.5. The van der Waals surface area contributed by atoms with E-state index in [2.05, 4.69) is 5.32 Å². The van der Waals surface area contributed by atoms with Gasteiger partial charge in [-0.15, -0.1) is 0 Å². The van der Waals surface area contributed by atoms with E-state index in [0.29, 0.717) is 41.5 Å². The van der Waals surface area contributed by atoms with Gasteiger partial charge < -0.3 is 24.3 Å². The molecule has 0 saturated carbocycles. The molecule has 0 aliphatic carbocycles. The van der Waals surface area contributed by atoms with Crippen molar-refractivity contribution in [1.82, 2.24) is 5.32 Å². The maximum atomic E-state index is 12.7. The van der Waals surface area contributed by atoms with Gasteiger partial charge >= 0.3 is 0 Å². The number of allylic oxidation sites excluding steroid dienone is 1. The number of methoxy groups -OCH3 is 4. The summed E-state index contributed by atoms with van der Waals surface area (Å²) in [5.74, 6) is 2.63. The van der Waals surface area contributed by atoms with Gasteiger partial charge in [-0.05, 0) is 47.5 Å². The second-order valence-electron chi connectivity index (χ2n) is 6.44. The summed E-state index contributed by atoms with van der Waals surface area (Å²) in [7, 11) is 6.37. The first-order valence-corrected chi connectivity index (χ1v) is 9.24. The molecule has 0 bridgehead atoms. The fourth-order valence-electron chi connectivity index (χ4n) is 3.20. The summed E-state index contributed by atoms with van der Waals surface area (Å²) in [6.45, 7) is 0.598. The lowest BCUT2D eigenvalue weighted by Gasteiger charge is -2.20. The summed E-state index contributed by atoms with van der Waals surface area (Å²) in [6.07, 6.45) is 4.25. The number of Topliss-reactive ketones (excluding diaryl/α,β-unsaturated/α-hetero) is 1. The molecule has 2 aromatic rings. The monoisotopic (exact) mass is 395 g/mol. The van der Waals surface area contributed by atoms with Crippen LogP contribution in [0.25, 0.3) is 12.2 Å². The van der Waals surface area contributed by atoms with Gasteiger partial charge in [-0.25, -0.2) is 0 Å². The second-order valence-corrected chi connectivity index (χ2v) is 6.44. The molecule has 6 nitrogen and oxygen atoms in total. The van der Waals surface area contributed by atoms with Crippen LogP contribution < -0.4 is 24.3 Å². The molecule has 0 atom stereocenters. The highest BCUT2D eigenvalue weighted by molar-refractivity contribution is 6.05. The smallest absolute Gasteiger partial charge is 0.166 e. The number of hydrogen-bond acceptors (Lipinski definition) is 6. The standard InChI is InChI=1S/C23H25NO5/c1-26-20-7-5-15(13-22(20)28-3)11-17-18(24-10-9-19(17)25)12-16-6-8-21(27-2)23(14-16)29-4/h5-8,11-14,24H,9-10H2,1-4H3. The van der Waals surface area contributed by atoms with Crippen molar-refractivity contribution in [2.24, 2.45) is 0 Å². The predicted molar refractivity (Wildman–Crippen MR) is 113 cm³/mol. The average Bonchev–Trinajstić information content (AvgIpc) is 2.75. The van der Waals surface area contributed by atoms with Crippen molar-refractivity contribution in [3.05, 3.63) is 58.8 Å². The molecule has 2 aromatic carbocycles. The van der Waals surface area contributed by atoms with E-state index < -0.39 is 0 Å². The van der Waals surface area contributed by atoms with Crippen LogP contribution >= 0.6 is 0 Å². The number of hydrogen-bond donors (Lipinski definition) is 1. The Morgan fingerprint density at radius 2 is 1.28 bits per heavy atom.